The Morgan fingerprint density at radius 2 is 1.92 bits per heavy atom. The Kier molecular flexibility index (Phi) is 5.50. The molecule has 0 saturated carbocycles. The van der Waals surface area contributed by atoms with Gasteiger partial charge < -0.3 is 4.90 Å². The van der Waals surface area contributed by atoms with Crippen molar-refractivity contribution in [1.29, 1.82) is 0 Å². The Morgan fingerprint density at radius 1 is 1.19 bits per heavy atom. The van der Waals surface area contributed by atoms with Gasteiger partial charge in [-0.15, -0.1) is 0 Å². The molecule has 2 aromatic carbocycles. The van der Waals surface area contributed by atoms with Crippen molar-refractivity contribution in [3.63, 3.8) is 0 Å². The molecule has 0 fully saturated rings. The molecule has 26 heavy (non-hydrogen) atoms. The maximum Gasteiger partial charge on any atom is 0.261 e. The van der Waals surface area contributed by atoms with Crippen LogP contribution in [0.4, 0.5) is 13.9 Å². The summed E-state index contributed by atoms with van der Waals surface area (Å²) in [7, 11) is 3.76. The van der Waals surface area contributed by atoms with Crippen molar-refractivity contribution in [2.24, 2.45) is 0 Å². The van der Waals surface area contributed by atoms with Crippen LogP contribution in [0.2, 0.25) is 5.02 Å². The Labute approximate surface area is 158 Å². The molecule has 0 aliphatic rings. The van der Waals surface area contributed by atoms with Crippen LogP contribution in [0.5, 0.6) is 0 Å². The highest BCUT2D eigenvalue weighted by atomic mass is 35.5. The van der Waals surface area contributed by atoms with Crippen LogP contribution in [0.25, 0.3) is 10.2 Å². The summed E-state index contributed by atoms with van der Waals surface area (Å²) in [5.74, 6) is -1.76. The van der Waals surface area contributed by atoms with Gasteiger partial charge in [-0.25, -0.2) is 13.8 Å². The zero-order chi connectivity index (χ0) is 18.8. The molecule has 1 amide bonds. The molecule has 1 heterocycles. The number of amides is 1. The molecule has 0 radical (unpaired) electrons. The summed E-state index contributed by atoms with van der Waals surface area (Å²) in [6, 6.07) is 8.71. The maximum atomic E-state index is 14.0. The lowest BCUT2D eigenvalue weighted by atomic mass is 10.2. The average Bonchev–Trinajstić information content (AvgIpc) is 2.99. The van der Waals surface area contributed by atoms with Crippen molar-refractivity contribution in [3.8, 4) is 0 Å². The van der Waals surface area contributed by atoms with E-state index in [2.05, 4.69) is 4.98 Å². The Balaban J connectivity index is 2.05. The van der Waals surface area contributed by atoms with Gasteiger partial charge in [0, 0.05) is 19.2 Å². The van der Waals surface area contributed by atoms with Crippen molar-refractivity contribution >= 4 is 44.2 Å². The minimum atomic E-state index is -0.750. The third-order valence-corrected chi connectivity index (χ3v) is 5.11. The number of fused-ring (bicyclic) bond motifs is 1. The van der Waals surface area contributed by atoms with Crippen molar-refractivity contribution in [1.82, 2.24) is 9.88 Å². The van der Waals surface area contributed by atoms with Gasteiger partial charge in [0.2, 0.25) is 0 Å². The Morgan fingerprint density at radius 3 is 2.62 bits per heavy atom. The summed E-state index contributed by atoms with van der Waals surface area (Å²) in [5, 5.41) is 0.627. The van der Waals surface area contributed by atoms with Gasteiger partial charge in [-0.2, -0.15) is 0 Å². The Bertz CT molecular complexity index is 961. The van der Waals surface area contributed by atoms with Crippen LogP contribution >= 0.6 is 22.9 Å². The number of benzene rings is 2. The van der Waals surface area contributed by atoms with Gasteiger partial charge >= 0.3 is 0 Å². The number of halogens is 3. The summed E-state index contributed by atoms with van der Waals surface area (Å²) in [5.41, 5.74) is 0.382. The summed E-state index contributed by atoms with van der Waals surface area (Å²) < 4.78 is 27.8. The number of aromatic nitrogens is 1. The fourth-order valence-electron chi connectivity index (χ4n) is 2.43. The van der Waals surface area contributed by atoms with Gasteiger partial charge in [-0.05, 0) is 32.3 Å². The van der Waals surface area contributed by atoms with Crippen molar-refractivity contribution in [2.75, 3.05) is 32.1 Å². The van der Waals surface area contributed by atoms with Crippen LogP contribution in [0.15, 0.2) is 36.4 Å². The number of rotatable bonds is 5. The van der Waals surface area contributed by atoms with Crippen LogP contribution in [0, 0.1) is 11.6 Å². The second-order valence-electron chi connectivity index (χ2n) is 5.97. The molecule has 3 rings (SSSR count). The number of hydrogen-bond donors (Lipinski definition) is 0. The van der Waals surface area contributed by atoms with Crippen molar-refractivity contribution in [3.05, 3.63) is 58.6 Å². The number of carbonyl (C=O) groups is 1. The van der Waals surface area contributed by atoms with Gasteiger partial charge in [0.15, 0.2) is 10.9 Å². The third-order valence-electron chi connectivity index (χ3n) is 3.75. The molecule has 0 bridgehead atoms. The van der Waals surface area contributed by atoms with Gasteiger partial charge in [0.05, 0.1) is 15.3 Å². The fourth-order valence-corrected chi connectivity index (χ4v) is 3.67. The van der Waals surface area contributed by atoms with E-state index in [4.69, 9.17) is 11.6 Å². The van der Waals surface area contributed by atoms with E-state index in [1.165, 1.54) is 11.0 Å². The van der Waals surface area contributed by atoms with E-state index in [9.17, 15) is 13.6 Å². The fraction of sp³-hybridized carbons (Fsp3) is 0.222. The standard InChI is InChI=1S/C18H16ClF2N3OS/c1-23(2)7-8-24(17(25)12-5-3-4-6-13(12)19)18-22-16-14(21)9-11(20)10-15(16)26-18/h3-6,9-10H,7-8H2,1-2H3. The molecule has 0 saturated heterocycles. The van der Waals surface area contributed by atoms with Gasteiger partial charge in [-0.1, -0.05) is 35.1 Å². The summed E-state index contributed by atoms with van der Waals surface area (Å²) >= 11 is 7.22. The van der Waals surface area contributed by atoms with Gasteiger partial charge in [-0.3, -0.25) is 9.69 Å². The molecule has 1 aromatic heterocycles. The summed E-state index contributed by atoms with van der Waals surface area (Å²) in [4.78, 5) is 20.6. The molecule has 3 aromatic rings. The SMILES string of the molecule is CN(C)CCN(C(=O)c1ccccc1Cl)c1nc2c(F)cc(F)cc2s1. The van der Waals surface area contributed by atoms with Crippen molar-refractivity contribution in [2.45, 2.75) is 0 Å². The molecule has 0 atom stereocenters. The second-order valence-corrected chi connectivity index (χ2v) is 7.39. The topological polar surface area (TPSA) is 36.4 Å². The highest BCUT2D eigenvalue weighted by Gasteiger charge is 2.24. The lowest BCUT2D eigenvalue weighted by Gasteiger charge is -2.22. The largest absolute Gasteiger partial charge is 0.308 e. The number of hydrogen-bond acceptors (Lipinski definition) is 4. The van der Waals surface area contributed by atoms with Gasteiger partial charge in [0.1, 0.15) is 11.3 Å². The Hall–Kier alpha value is -2.09. The number of anilines is 1. The number of carbonyl (C=O) groups excluding carboxylic acids is 1. The van der Waals surface area contributed by atoms with E-state index < -0.39 is 11.6 Å². The first-order chi connectivity index (χ1) is 12.4. The minimum absolute atomic E-state index is 0.0493. The number of nitrogens with zero attached hydrogens (tertiary/aromatic N) is 3. The van der Waals surface area contributed by atoms with Crippen LogP contribution in [-0.4, -0.2) is 43.0 Å². The molecule has 0 spiro atoms. The van der Waals surface area contributed by atoms with Gasteiger partial charge in [0.25, 0.3) is 5.91 Å². The predicted octanol–water partition coefficient (Wildman–Crippen LogP) is 4.44. The lowest BCUT2D eigenvalue weighted by Crippen LogP contribution is -2.36. The first kappa shape index (κ1) is 18.7. The average molecular weight is 396 g/mol. The van der Waals surface area contributed by atoms with E-state index in [0.717, 1.165) is 17.4 Å². The van der Waals surface area contributed by atoms with Crippen LogP contribution < -0.4 is 4.90 Å². The zero-order valence-corrected chi connectivity index (χ0v) is 15.7. The second kappa shape index (κ2) is 7.65. The monoisotopic (exact) mass is 395 g/mol. The first-order valence-corrected chi connectivity index (χ1v) is 9.03. The molecular formula is C18H16ClF2N3OS. The highest BCUT2D eigenvalue weighted by Crippen LogP contribution is 2.32. The van der Waals surface area contributed by atoms with Crippen LogP contribution in [0.3, 0.4) is 0 Å². The molecule has 0 aliphatic heterocycles. The van der Waals surface area contributed by atoms with Crippen molar-refractivity contribution < 1.29 is 13.6 Å². The smallest absolute Gasteiger partial charge is 0.261 e. The number of likely N-dealkylation sites (N-methyl/N-ethyl adjacent to an activating group) is 1. The maximum absolute atomic E-state index is 14.0. The zero-order valence-electron chi connectivity index (χ0n) is 14.2. The van der Waals surface area contributed by atoms with E-state index in [-0.39, 0.29) is 11.4 Å². The lowest BCUT2D eigenvalue weighted by molar-refractivity contribution is 0.0985. The van der Waals surface area contributed by atoms with Crippen LogP contribution in [0.1, 0.15) is 10.4 Å². The normalized spacial score (nSPS) is 11.3. The van der Waals surface area contributed by atoms with E-state index in [1.54, 1.807) is 24.3 Å². The quantitative estimate of drug-likeness (QED) is 0.641. The van der Waals surface area contributed by atoms with Crippen LogP contribution in [-0.2, 0) is 0 Å². The first-order valence-electron chi connectivity index (χ1n) is 7.83. The molecule has 0 aliphatic carbocycles. The summed E-state index contributed by atoms with van der Waals surface area (Å²) in [6.45, 7) is 0.907. The predicted molar refractivity (Wildman–Crippen MR) is 101 cm³/mol. The van der Waals surface area contributed by atoms with E-state index in [1.807, 2.05) is 19.0 Å². The molecular weight excluding hydrogens is 380 g/mol. The molecule has 0 N–H and O–H groups in total. The molecule has 0 unspecified atom stereocenters. The highest BCUT2D eigenvalue weighted by molar-refractivity contribution is 7.22. The van der Waals surface area contributed by atoms with E-state index >= 15 is 0 Å². The van der Waals surface area contributed by atoms with E-state index in [0.29, 0.717) is 33.5 Å². The molecule has 136 valence electrons. The molecule has 4 nitrogen and oxygen atoms in total. The summed E-state index contributed by atoms with van der Waals surface area (Å²) in [6.07, 6.45) is 0. The number of thiazole rings is 1. The third kappa shape index (κ3) is 3.85. The minimum Gasteiger partial charge on any atom is -0.308 e. The molecule has 8 heteroatoms.